The second kappa shape index (κ2) is 4.95. The van der Waals surface area contributed by atoms with E-state index in [2.05, 4.69) is 49.8 Å². The van der Waals surface area contributed by atoms with E-state index in [4.69, 9.17) is 5.73 Å². The summed E-state index contributed by atoms with van der Waals surface area (Å²) in [7, 11) is 0. The van der Waals surface area contributed by atoms with E-state index in [0.29, 0.717) is 5.92 Å². The molecule has 0 aliphatic carbocycles. The molecule has 0 amide bonds. The molecule has 4 heteroatoms. The molecule has 1 atom stereocenters. The van der Waals surface area contributed by atoms with Crippen LogP contribution in [0.2, 0.25) is 0 Å². The average molecular weight is 224 g/mol. The lowest BCUT2D eigenvalue weighted by Crippen LogP contribution is -2.28. The zero-order valence-electron chi connectivity index (χ0n) is 11.0. The van der Waals surface area contributed by atoms with E-state index >= 15 is 0 Å². The zero-order chi connectivity index (χ0) is 12.3. The summed E-state index contributed by atoms with van der Waals surface area (Å²) in [6.45, 7) is 10.8. The van der Waals surface area contributed by atoms with Gasteiger partial charge in [-0.3, -0.25) is 5.10 Å². The highest BCUT2D eigenvalue weighted by atomic mass is 15.2. The van der Waals surface area contributed by atoms with Crippen LogP contribution in [0.1, 0.15) is 58.6 Å². The Labute approximate surface area is 98.0 Å². The Balaban J connectivity index is 2.53. The van der Waals surface area contributed by atoms with Gasteiger partial charge in [0.15, 0.2) is 5.82 Å². The molecule has 16 heavy (non-hydrogen) atoms. The first-order valence-corrected chi connectivity index (χ1v) is 5.94. The van der Waals surface area contributed by atoms with Crippen LogP contribution in [-0.2, 0) is 6.42 Å². The molecule has 1 aromatic heterocycles. The zero-order valence-corrected chi connectivity index (χ0v) is 11.0. The quantitative estimate of drug-likeness (QED) is 0.824. The largest absolute Gasteiger partial charge is 0.327 e. The van der Waals surface area contributed by atoms with Gasteiger partial charge in [-0.15, -0.1) is 0 Å². The van der Waals surface area contributed by atoms with E-state index in [-0.39, 0.29) is 11.5 Å². The first-order chi connectivity index (χ1) is 7.28. The number of aromatic amines is 1. The molecule has 0 fully saturated rings. The van der Waals surface area contributed by atoms with Gasteiger partial charge in [0.05, 0.1) is 0 Å². The number of hydrogen-bond acceptors (Lipinski definition) is 3. The van der Waals surface area contributed by atoms with Crippen molar-refractivity contribution in [1.29, 1.82) is 0 Å². The van der Waals surface area contributed by atoms with Gasteiger partial charge in [0.25, 0.3) is 0 Å². The summed E-state index contributed by atoms with van der Waals surface area (Å²) in [4.78, 5) is 4.43. The molecule has 0 aromatic carbocycles. The minimum atomic E-state index is 0.146. The first kappa shape index (κ1) is 13.2. The lowest BCUT2D eigenvalue weighted by Gasteiger charge is -2.22. The van der Waals surface area contributed by atoms with Crippen molar-refractivity contribution in [3.63, 3.8) is 0 Å². The standard InChI is InChI=1S/C12H24N4/c1-8(2)11-14-10(15-16-11)6-9(13)7-12(3,4)5/h8-9H,6-7,13H2,1-5H3,(H,14,15,16). The van der Waals surface area contributed by atoms with Gasteiger partial charge in [0.2, 0.25) is 0 Å². The molecule has 0 spiro atoms. The molecule has 1 rings (SSSR count). The van der Waals surface area contributed by atoms with E-state index in [0.717, 1.165) is 24.5 Å². The minimum Gasteiger partial charge on any atom is -0.327 e. The van der Waals surface area contributed by atoms with Crippen molar-refractivity contribution < 1.29 is 0 Å². The molecule has 0 aliphatic rings. The lowest BCUT2D eigenvalue weighted by atomic mass is 9.87. The molecule has 92 valence electrons. The lowest BCUT2D eigenvalue weighted by molar-refractivity contribution is 0.336. The molecule has 0 radical (unpaired) electrons. The number of H-pyrrole nitrogens is 1. The number of rotatable bonds is 4. The van der Waals surface area contributed by atoms with Crippen LogP contribution in [0.3, 0.4) is 0 Å². The Morgan fingerprint density at radius 3 is 2.38 bits per heavy atom. The van der Waals surface area contributed by atoms with Crippen LogP contribution in [0.15, 0.2) is 0 Å². The Morgan fingerprint density at radius 1 is 1.31 bits per heavy atom. The third-order valence-corrected chi connectivity index (χ3v) is 2.40. The van der Waals surface area contributed by atoms with Crippen LogP contribution in [-0.4, -0.2) is 21.2 Å². The molecule has 1 aromatic rings. The smallest absolute Gasteiger partial charge is 0.153 e. The van der Waals surface area contributed by atoms with Gasteiger partial charge in [-0.25, -0.2) is 4.98 Å². The fourth-order valence-electron chi connectivity index (χ4n) is 1.77. The van der Waals surface area contributed by atoms with Crippen molar-refractivity contribution in [1.82, 2.24) is 15.2 Å². The van der Waals surface area contributed by atoms with Crippen molar-refractivity contribution in [2.75, 3.05) is 0 Å². The van der Waals surface area contributed by atoms with Crippen molar-refractivity contribution in [3.8, 4) is 0 Å². The van der Waals surface area contributed by atoms with Crippen LogP contribution in [0.25, 0.3) is 0 Å². The van der Waals surface area contributed by atoms with Crippen LogP contribution in [0, 0.1) is 5.41 Å². The highest BCUT2D eigenvalue weighted by Crippen LogP contribution is 2.21. The Bertz CT molecular complexity index is 322. The molecule has 1 unspecified atom stereocenters. The normalized spacial score (nSPS) is 14.4. The van der Waals surface area contributed by atoms with Crippen LogP contribution in [0.4, 0.5) is 0 Å². The van der Waals surface area contributed by atoms with Crippen molar-refractivity contribution >= 4 is 0 Å². The van der Waals surface area contributed by atoms with Gasteiger partial charge in [-0.2, -0.15) is 5.10 Å². The summed E-state index contributed by atoms with van der Waals surface area (Å²) >= 11 is 0. The van der Waals surface area contributed by atoms with E-state index in [1.54, 1.807) is 0 Å². The molecule has 1 heterocycles. The van der Waals surface area contributed by atoms with Gasteiger partial charge >= 0.3 is 0 Å². The molecular formula is C12H24N4. The Morgan fingerprint density at radius 2 is 1.94 bits per heavy atom. The topological polar surface area (TPSA) is 67.6 Å². The first-order valence-electron chi connectivity index (χ1n) is 5.94. The summed E-state index contributed by atoms with van der Waals surface area (Å²) in [5.41, 5.74) is 6.35. The molecule has 4 nitrogen and oxygen atoms in total. The van der Waals surface area contributed by atoms with E-state index in [1.165, 1.54) is 0 Å². The van der Waals surface area contributed by atoms with Crippen molar-refractivity contribution in [2.24, 2.45) is 11.1 Å². The molecule has 0 saturated carbocycles. The second-order valence-corrected chi connectivity index (χ2v) is 6.02. The maximum atomic E-state index is 6.09. The minimum absolute atomic E-state index is 0.146. The SMILES string of the molecule is CC(C)c1n[nH]c(CC(N)CC(C)(C)C)n1. The van der Waals surface area contributed by atoms with Crippen molar-refractivity contribution in [2.45, 2.75) is 59.4 Å². The highest BCUT2D eigenvalue weighted by molar-refractivity contribution is 4.96. The number of nitrogens with two attached hydrogens (primary N) is 1. The third kappa shape index (κ3) is 4.31. The molecule has 0 aliphatic heterocycles. The number of aromatic nitrogens is 3. The van der Waals surface area contributed by atoms with Crippen LogP contribution < -0.4 is 5.73 Å². The second-order valence-electron chi connectivity index (χ2n) is 6.02. The predicted molar refractivity (Wildman–Crippen MR) is 66.2 cm³/mol. The molecule has 0 saturated heterocycles. The predicted octanol–water partition coefficient (Wildman–Crippen LogP) is 2.23. The maximum absolute atomic E-state index is 6.09. The molecule has 3 N–H and O–H groups in total. The van der Waals surface area contributed by atoms with Gasteiger partial charge < -0.3 is 5.73 Å². The number of nitrogens with zero attached hydrogens (tertiary/aromatic N) is 2. The number of hydrogen-bond donors (Lipinski definition) is 2. The van der Waals surface area contributed by atoms with Crippen molar-refractivity contribution in [3.05, 3.63) is 11.6 Å². The Kier molecular flexibility index (Phi) is 4.08. The summed E-state index contributed by atoms with van der Waals surface area (Å²) in [6, 6.07) is 0.146. The van der Waals surface area contributed by atoms with E-state index < -0.39 is 0 Å². The third-order valence-electron chi connectivity index (χ3n) is 2.40. The summed E-state index contributed by atoms with van der Waals surface area (Å²) in [5.74, 6) is 2.14. The maximum Gasteiger partial charge on any atom is 0.153 e. The highest BCUT2D eigenvalue weighted by Gasteiger charge is 2.17. The van der Waals surface area contributed by atoms with Gasteiger partial charge in [0, 0.05) is 18.4 Å². The average Bonchev–Trinajstić information content (AvgIpc) is 2.48. The fourth-order valence-corrected chi connectivity index (χ4v) is 1.77. The molecule has 0 bridgehead atoms. The van der Waals surface area contributed by atoms with E-state index in [9.17, 15) is 0 Å². The monoisotopic (exact) mass is 224 g/mol. The van der Waals surface area contributed by atoms with Crippen LogP contribution in [0.5, 0.6) is 0 Å². The summed E-state index contributed by atoms with van der Waals surface area (Å²) in [6.07, 6.45) is 1.77. The fraction of sp³-hybridized carbons (Fsp3) is 0.833. The van der Waals surface area contributed by atoms with Gasteiger partial charge in [-0.1, -0.05) is 34.6 Å². The summed E-state index contributed by atoms with van der Waals surface area (Å²) < 4.78 is 0. The van der Waals surface area contributed by atoms with Crippen LogP contribution >= 0.6 is 0 Å². The van der Waals surface area contributed by atoms with Gasteiger partial charge in [-0.05, 0) is 11.8 Å². The Hall–Kier alpha value is -0.900. The van der Waals surface area contributed by atoms with E-state index in [1.807, 2.05) is 0 Å². The summed E-state index contributed by atoms with van der Waals surface area (Å²) in [5, 5.41) is 7.14. The number of nitrogens with one attached hydrogen (secondary N) is 1. The molecular weight excluding hydrogens is 200 g/mol. The van der Waals surface area contributed by atoms with Gasteiger partial charge in [0.1, 0.15) is 5.82 Å².